The van der Waals surface area contributed by atoms with E-state index in [4.69, 9.17) is 0 Å². The number of esters is 1. The van der Waals surface area contributed by atoms with Crippen LogP contribution >= 0.6 is 0 Å². The lowest BCUT2D eigenvalue weighted by molar-refractivity contribution is -0.142. The van der Waals surface area contributed by atoms with Gasteiger partial charge in [0.25, 0.3) is 5.91 Å². The molecule has 0 saturated carbocycles. The van der Waals surface area contributed by atoms with Crippen LogP contribution in [0.5, 0.6) is 0 Å². The fourth-order valence-electron chi connectivity index (χ4n) is 1.61. The molecule has 5 heteroatoms. The minimum Gasteiger partial charge on any atom is -0.467 e. The molecule has 0 saturated heterocycles. The van der Waals surface area contributed by atoms with Gasteiger partial charge < -0.3 is 15.4 Å². The first-order chi connectivity index (χ1) is 9.10. The molecule has 1 atom stereocenters. The van der Waals surface area contributed by atoms with Crippen LogP contribution in [-0.2, 0) is 9.53 Å². The quantitative estimate of drug-likeness (QED) is 0.769. The number of anilines is 1. The van der Waals surface area contributed by atoms with Crippen LogP contribution in [0.1, 0.15) is 30.6 Å². The van der Waals surface area contributed by atoms with Crippen LogP contribution in [0.15, 0.2) is 24.3 Å². The maximum atomic E-state index is 12.1. The number of ether oxygens (including phenoxy) is 1. The van der Waals surface area contributed by atoms with E-state index in [1.165, 1.54) is 7.11 Å². The zero-order chi connectivity index (χ0) is 14.3. The summed E-state index contributed by atoms with van der Waals surface area (Å²) in [5.74, 6) is -0.760. The topological polar surface area (TPSA) is 67.4 Å². The van der Waals surface area contributed by atoms with Gasteiger partial charge in [-0.2, -0.15) is 0 Å². The molecule has 0 aliphatic carbocycles. The van der Waals surface area contributed by atoms with Gasteiger partial charge in [-0.3, -0.25) is 4.79 Å². The van der Waals surface area contributed by atoms with Gasteiger partial charge in [-0.1, -0.05) is 19.1 Å². The van der Waals surface area contributed by atoms with Crippen molar-refractivity contribution in [3.63, 3.8) is 0 Å². The summed E-state index contributed by atoms with van der Waals surface area (Å²) in [6, 6.07) is 6.54. The Hall–Kier alpha value is -2.04. The van der Waals surface area contributed by atoms with E-state index in [0.717, 1.165) is 18.7 Å². The standard InChI is InChI=1S/C14H20N2O3/c1-4-9-15-12-8-6-5-7-11(12)13(17)16-10(2)14(18)19-3/h5-8,10,15H,4,9H2,1-3H3,(H,16,17). The molecule has 0 spiro atoms. The largest absolute Gasteiger partial charge is 0.467 e. The molecule has 1 rings (SSSR count). The van der Waals surface area contributed by atoms with Gasteiger partial charge in [0, 0.05) is 12.2 Å². The summed E-state index contributed by atoms with van der Waals surface area (Å²) >= 11 is 0. The number of amides is 1. The van der Waals surface area contributed by atoms with Crippen LogP contribution in [0, 0.1) is 0 Å². The summed E-state index contributed by atoms with van der Waals surface area (Å²) in [6.45, 7) is 4.43. The Morgan fingerprint density at radius 2 is 2.00 bits per heavy atom. The van der Waals surface area contributed by atoms with Crippen LogP contribution < -0.4 is 10.6 Å². The lowest BCUT2D eigenvalue weighted by Crippen LogP contribution is -2.39. The highest BCUT2D eigenvalue weighted by Gasteiger charge is 2.18. The summed E-state index contributed by atoms with van der Waals surface area (Å²) in [5.41, 5.74) is 1.28. The first-order valence-electron chi connectivity index (χ1n) is 6.31. The smallest absolute Gasteiger partial charge is 0.328 e. The molecule has 5 nitrogen and oxygen atoms in total. The van der Waals surface area contributed by atoms with E-state index in [1.807, 2.05) is 12.1 Å². The van der Waals surface area contributed by atoms with Gasteiger partial charge >= 0.3 is 5.97 Å². The second-order valence-corrected chi connectivity index (χ2v) is 4.19. The van der Waals surface area contributed by atoms with Crippen LogP contribution in [0.2, 0.25) is 0 Å². The molecule has 0 aliphatic heterocycles. The minimum atomic E-state index is -0.670. The molecule has 1 amide bonds. The first kappa shape index (κ1) is 15.0. The lowest BCUT2D eigenvalue weighted by atomic mass is 10.1. The number of rotatable bonds is 6. The van der Waals surface area contributed by atoms with Gasteiger partial charge in [0.15, 0.2) is 0 Å². The number of nitrogens with one attached hydrogen (secondary N) is 2. The third kappa shape index (κ3) is 4.28. The number of para-hydroxylation sites is 1. The molecule has 1 aromatic rings. The fraction of sp³-hybridized carbons (Fsp3) is 0.429. The second-order valence-electron chi connectivity index (χ2n) is 4.19. The van der Waals surface area contributed by atoms with E-state index in [2.05, 4.69) is 22.3 Å². The van der Waals surface area contributed by atoms with Crippen molar-refractivity contribution in [2.75, 3.05) is 19.0 Å². The van der Waals surface area contributed by atoms with Crippen molar-refractivity contribution < 1.29 is 14.3 Å². The molecule has 19 heavy (non-hydrogen) atoms. The van der Waals surface area contributed by atoms with E-state index in [-0.39, 0.29) is 5.91 Å². The third-order valence-electron chi connectivity index (χ3n) is 2.64. The van der Waals surface area contributed by atoms with Crippen molar-refractivity contribution >= 4 is 17.6 Å². The number of benzene rings is 1. The Balaban J connectivity index is 2.78. The maximum absolute atomic E-state index is 12.1. The molecular formula is C14H20N2O3. The Kier molecular flexibility index (Phi) is 5.85. The lowest BCUT2D eigenvalue weighted by Gasteiger charge is -2.14. The predicted molar refractivity (Wildman–Crippen MR) is 74.2 cm³/mol. The Morgan fingerprint density at radius 1 is 1.32 bits per heavy atom. The van der Waals surface area contributed by atoms with Gasteiger partial charge in [0.2, 0.25) is 0 Å². The van der Waals surface area contributed by atoms with E-state index in [9.17, 15) is 9.59 Å². The zero-order valence-corrected chi connectivity index (χ0v) is 11.5. The van der Waals surface area contributed by atoms with Crippen molar-refractivity contribution in [3.05, 3.63) is 29.8 Å². The van der Waals surface area contributed by atoms with Crippen LogP contribution in [0.4, 0.5) is 5.69 Å². The van der Waals surface area contributed by atoms with Crippen LogP contribution in [0.25, 0.3) is 0 Å². The summed E-state index contributed by atoms with van der Waals surface area (Å²) in [4.78, 5) is 23.4. The van der Waals surface area contributed by atoms with Crippen molar-refractivity contribution in [1.29, 1.82) is 0 Å². The molecular weight excluding hydrogens is 244 g/mol. The predicted octanol–water partition coefficient (Wildman–Crippen LogP) is 1.80. The summed E-state index contributed by atoms with van der Waals surface area (Å²) in [7, 11) is 1.29. The number of carbonyl (C=O) groups excluding carboxylic acids is 2. The monoisotopic (exact) mass is 264 g/mol. The Labute approximate surface area is 113 Å². The Bertz CT molecular complexity index is 446. The van der Waals surface area contributed by atoms with Gasteiger partial charge in [-0.05, 0) is 25.5 Å². The first-order valence-corrected chi connectivity index (χ1v) is 6.31. The molecule has 1 aromatic carbocycles. The average Bonchev–Trinajstić information content (AvgIpc) is 2.44. The van der Waals surface area contributed by atoms with Crippen LogP contribution in [0.3, 0.4) is 0 Å². The van der Waals surface area contributed by atoms with E-state index in [1.54, 1.807) is 19.1 Å². The van der Waals surface area contributed by atoms with Gasteiger partial charge in [-0.15, -0.1) is 0 Å². The van der Waals surface area contributed by atoms with Crippen molar-refractivity contribution in [2.24, 2.45) is 0 Å². The van der Waals surface area contributed by atoms with Crippen molar-refractivity contribution in [1.82, 2.24) is 5.32 Å². The highest BCUT2D eigenvalue weighted by atomic mass is 16.5. The number of carbonyl (C=O) groups is 2. The van der Waals surface area contributed by atoms with Gasteiger partial charge in [-0.25, -0.2) is 4.79 Å². The molecule has 0 aromatic heterocycles. The minimum absolute atomic E-state index is 0.294. The van der Waals surface area contributed by atoms with Crippen molar-refractivity contribution in [3.8, 4) is 0 Å². The fourth-order valence-corrected chi connectivity index (χ4v) is 1.61. The highest BCUT2D eigenvalue weighted by Crippen LogP contribution is 2.15. The van der Waals surface area contributed by atoms with E-state index >= 15 is 0 Å². The van der Waals surface area contributed by atoms with E-state index < -0.39 is 12.0 Å². The summed E-state index contributed by atoms with van der Waals surface area (Å²) < 4.78 is 4.57. The third-order valence-corrected chi connectivity index (χ3v) is 2.64. The molecule has 0 bridgehead atoms. The average molecular weight is 264 g/mol. The second kappa shape index (κ2) is 7.41. The van der Waals surface area contributed by atoms with E-state index in [0.29, 0.717) is 5.56 Å². The van der Waals surface area contributed by atoms with Crippen molar-refractivity contribution in [2.45, 2.75) is 26.3 Å². The maximum Gasteiger partial charge on any atom is 0.328 e. The van der Waals surface area contributed by atoms with Gasteiger partial charge in [0.1, 0.15) is 6.04 Å². The molecule has 104 valence electrons. The summed E-state index contributed by atoms with van der Waals surface area (Å²) in [5, 5.41) is 5.79. The molecule has 2 N–H and O–H groups in total. The normalized spacial score (nSPS) is 11.5. The Morgan fingerprint density at radius 3 is 2.63 bits per heavy atom. The number of hydrogen-bond donors (Lipinski definition) is 2. The molecule has 0 aliphatic rings. The molecule has 0 fully saturated rings. The molecule has 0 heterocycles. The molecule has 0 radical (unpaired) electrons. The highest BCUT2D eigenvalue weighted by molar-refractivity contribution is 6.01. The number of methoxy groups -OCH3 is 1. The SMILES string of the molecule is CCCNc1ccccc1C(=O)NC(C)C(=O)OC. The zero-order valence-electron chi connectivity index (χ0n) is 11.5. The molecule has 1 unspecified atom stereocenters. The number of hydrogen-bond acceptors (Lipinski definition) is 4. The summed E-state index contributed by atoms with van der Waals surface area (Å²) in [6.07, 6.45) is 0.967. The van der Waals surface area contributed by atoms with Gasteiger partial charge in [0.05, 0.1) is 12.7 Å². The van der Waals surface area contributed by atoms with Crippen LogP contribution in [-0.4, -0.2) is 31.6 Å².